The molecular formula is C14H17ClFNO4. The molecule has 116 valence electrons. The standard InChI is InChI=1S/C14H17ClFNO4/c1-14(2,3)21-13(20)17-11(7-12(18)19)9-6-8(15)4-5-10(9)16/h4-6,11H,7H2,1-3H3,(H,17,20)(H,18,19)/t11-/m0/s1. The van der Waals surface area contributed by atoms with Crippen molar-refractivity contribution in [1.82, 2.24) is 5.32 Å². The predicted octanol–water partition coefficient (Wildman–Crippen LogP) is 3.52. The molecule has 1 amide bonds. The molecule has 5 nitrogen and oxygen atoms in total. The number of hydrogen-bond acceptors (Lipinski definition) is 3. The van der Waals surface area contributed by atoms with Crippen molar-refractivity contribution >= 4 is 23.7 Å². The van der Waals surface area contributed by atoms with Crippen LogP contribution in [0.25, 0.3) is 0 Å². The van der Waals surface area contributed by atoms with Gasteiger partial charge in [0, 0.05) is 10.6 Å². The molecule has 1 atom stereocenters. The summed E-state index contributed by atoms with van der Waals surface area (Å²) in [5.41, 5.74) is -0.749. The molecule has 0 aliphatic carbocycles. The smallest absolute Gasteiger partial charge is 0.408 e. The van der Waals surface area contributed by atoms with Crippen molar-refractivity contribution in [3.05, 3.63) is 34.6 Å². The molecule has 0 aliphatic heterocycles. The number of carbonyl (C=O) groups is 2. The Balaban J connectivity index is 2.98. The second-order valence-electron chi connectivity index (χ2n) is 5.46. The first-order valence-electron chi connectivity index (χ1n) is 6.25. The summed E-state index contributed by atoms with van der Waals surface area (Å²) in [5.74, 6) is -1.84. The predicted molar refractivity (Wildman–Crippen MR) is 75.8 cm³/mol. The van der Waals surface area contributed by atoms with Crippen LogP contribution in [0, 0.1) is 5.82 Å². The Hall–Kier alpha value is -1.82. The molecule has 0 saturated heterocycles. The molecule has 0 bridgehead atoms. The van der Waals surface area contributed by atoms with Gasteiger partial charge in [0.25, 0.3) is 0 Å². The van der Waals surface area contributed by atoms with Gasteiger partial charge in [-0.15, -0.1) is 0 Å². The molecule has 1 rings (SSSR count). The minimum Gasteiger partial charge on any atom is -0.481 e. The minimum absolute atomic E-state index is 0.00393. The zero-order chi connectivity index (χ0) is 16.2. The SMILES string of the molecule is CC(C)(C)OC(=O)N[C@@H](CC(=O)O)c1cc(Cl)ccc1F. The minimum atomic E-state index is -1.18. The lowest BCUT2D eigenvalue weighted by atomic mass is 10.0. The van der Waals surface area contributed by atoms with Gasteiger partial charge in [0.1, 0.15) is 11.4 Å². The van der Waals surface area contributed by atoms with Crippen LogP contribution in [-0.2, 0) is 9.53 Å². The molecule has 0 heterocycles. The summed E-state index contributed by atoms with van der Waals surface area (Å²) in [6.07, 6.45) is -1.32. The van der Waals surface area contributed by atoms with E-state index in [1.54, 1.807) is 20.8 Å². The van der Waals surface area contributed by atoms with Gasteiger partial charge in [-0.25, -0.2) is 9.18 Å². The van der Waals surface area contributed by atoms with E-state index in [2.05, 4.69) is 5.32 Å². The first-order valence-corrected chi connectivity index (χ1v) is 6.62. The van der Waals surface area contributed by atoms with Crippen molar-refractivity contribution in [2.24, 2.45) is 0 Å². The van der Waals surface area contributed by atoms with Crippen molar-refractivity contribution in [3.63, 3.8) is 0 Å². The number of benzene rings is 1. The van der Waals surface area contributed by atoms with E-state index in [0.717, 1.165) is 6.07 Å². The van der Waals surface area contributed by atoms with Gasteiger partial charge in [-0.1, -0.05) is 11.6 Å². The fraction of sp³-hybridized carbons (Fsp3) is 0.429. The van der Waals surface area contributed by atoms with E-state index in [9.17, 15) is 14.0 Å². The van der Waals surface area contributed by atoms with Gasteiger partial charge in [0.2, 0.25) is 0 Å². The van der Waals surface area contributed by atoms with Gasteiger partial charge in [-0.3, -0.25) is 4.79 Å². The van der Waals surface area contributed by atoms with Crippen LogP contribution in [0.3, 0.4) is 0 Å². The number of amides is 1. The normalized spacial score (nSPS) is 12.6. The third-order valence-corrected chi connectivity index (χ3v) is 2.64. The lowest BCUT2D eigenvalue weighted by Gasteiger charge is -2.23. The molecule has 0 spiro atoms. The van der Waals surface area contributed by atoms with E-state index in [0.29, 0.717) is 0 Å². The van der Waals surface area contributed by atoms with E-state index in [1.807, 2.05) is 0 Å². The Kier molecular flexibility index (Phi) is 5.54. The summed E-state index contributed by atoms with van der Waals surface area (Å²) in [6.45, 7) is 5.00. The van der Waals surface area contributed by atoms with Gasteiger partial charge in [0.05, 0.1) is 12.5 Å². The van der Waals surface area contributed by atoms with Crippen LogP contribution in [0.4, 0.5) is 9.18 Å². The number of nitrogens with one attached hydrogen (secondary N) is 1. The topological polar surface area (TPSA) is 75.6 Å². The second-order valence-corrected chi connectivity index (χ2v) is 5.90. The Morgan fingerprint density at radius 3 is 2.57 bits per heavy atom. The Morgan fingerprint density at radius 2 is 2.05 bits per heavy atom. The summed E-state index contributed by atoms with van der Waals surface area (Å²) >= 11 is 5.78. The number of carboxylic acid groups (broad SMARTS) is 1. The average molecular weight is 318 g/mol. The van der Waals surface area contributed by atoms with Gasteiger partial charge >= 0.3 is 12.1 Å². The number of aliphatic carboxylic acids is 1. The third kappa shape index (κ3) is 5.99. The number of carboxylic acids is 1. The first kappa shape index (κ1) is 17.2. The first-order chi connectivity index (χ1) is 9.58. The van der Waals surface area contributed by atoms with Crippen LogP contribution in [0.1, 0.15) is 38.8 Å². The number of ether oxygens (including phenoxy) is 1. The molecule has 0 saturated carbocycles. The number of halogens is 2. The van der Waals surface area contributed by atoms with E-state index in [1.165, 1.54) is 12.1 Å². The maximum atomic E-state index is 13.8. The van der Waals surface area contributed by atoms with Gasteiger partial charge in [-0.05, 0) is 39.0 Å². The number of hydrogen-bond donors (Lipinski definition) is 2. The maximum Gasteiger partial charge on any atom is 0.408 e. The lowest BCUT2D eigenvalue weighted by Crippen LogP contribution is -2.36. The van der Waals surface area contributed by atoms with Crippen molar-refractivity contribution in [2.45, 2.75) is 38.8 Å². The molecule has 0 radical (unpaired) electrons. The molecule has 0 unspecified atom stereocenters. The van der Waals surface area contributed by atoms with E-state index < -0.39 is 35.9 Å². The van der Waals surface area contributed by atoms with Gasteiger partial charge in [-0.2, -0.15) is 0 Å². The van der Waals surface area contributed by atoms with Crippen molar-refractivity contribution in [2.75, 3.05) is 0 Å². The molecule has 0 aromatic heterocycles. The van der Waals surface area contributed by atoms with Crippen molar-refractivity contribution in [3.8, 4) is 0 Å². The molecular weight excluding hydrogens is 301 g/mol. The van der Waals surface area contributed by atoms with Crippen molar-refractivity contribution in [1.29, 1.82) is 0 Å². The Bertz CT molecular complexity index is 542. The van der Waals surface area contributed by atoms with Crippen LogP contribution >= 0.6 is 11.6 Å². The number of rotatable bonds is 4. The molecule has 1 aromatic rings. The Morgan fingerprint density at radius 1 is 1.43 bits per heavy atom. The summed E-state index contributed by atoms with van der Waals surface area (Å²) in [4.78, 5) is 22.6. The highest BCUT2D eigenvalue weighted by atomic mass is 35.5. The molecule has 1 aromatic carbocycles. The van der Waals surface area contributed by atoms with E-state index >= 15 is 0 Å². The van der Waals surface area contributed by atoms with Crippen molar-refractivity contribution < 1.29 is 23.8 Å². The lowest BCUT2D eigenvalue weighted by molar-refractivity contribution is -0.137. The largest absolute Gasteiger partial charge is 0.481 e. The van der Waals surface area contributed by atoms with E-state index in [4.69, 9.17) is 21.4 Å². The van der Waals surface area contributed by atoms with Gasteiger partial charge < -0.3 is 15.2 Å². The van der Waals surface area contributed by atoms with Crippen LogP contribution in [0.15, 0.2) is 18.2 Å². The highest BCUT2D eigenvalue weighted by Gasteiger charge is 2.24. The third-order valence-electron chi connectivity index (χ3n) is 2.40. The average Bonchev–Trinajstić information content (AvgIpc) is 2.28. The molecule has 21 heavy (non-hydrogen) atoms. The fourth-order valence-electron chi connectivity index (χ4n) is 1.64. The number of carbonyl (C=O) groups excluding carboxylic acids is 1. The second kappa shape index (κ2) is 6.76. The van der Waals surface area contributed by atoms with Crippen LogP contribution in [0.2, 0.25) is 5.02 Å². The molecule has 0 fully saturated rings. The van der Waals surface area contributed by atoms with Crippen LogP contribution in [-0.4, -0.2) is 22.8 Å². The summed E-state index contributed by atoms with van der Waals surface area (Å²) in [6, 6.07) is 2.66. The quantitative estimate of drug-likeness (QED) is 0.891. The summed E-state index contributed by atoms with van der Waals surface area (Å²) in [7, 11) is 0. The van der Waals surface area contributed by atoms with Crippen LogP contribution in [0.5, 0.6) is 0 Å². The molecule has 2 N–H and O–H groups in total. The molecule has 7 heteroatoms. The maximum absolute atomic E-state index is 13.8. The molecule has 0 aliphatic rings. The summed E-state index contributed by atoms with van der Waals surface area (Å²) in [5, 5.41) is 11.5. The monoisotopic (exact) mass is 317 g/mol. The Labute approximate surface area is 127 Å². The fourth-order valence-corrected chi connectivity index (χ4v) is 1.83. The zero-order valence-electron chi connectivity index (χ0n) is 11.9. The number of alkyl carbamates (subject to hydrolysis) is 1. The van der Waals surface area contributed by atoms with Crippen LogP contribution < -0.4 is 5.32 Å². The van der Waals surface area contributed by atoms with Gasteiger partial charge in [0.15, 0.2) is 0 Å². The highest BCUT2D eigenvalue weighted by molar-refractivity contribution is 6.30. The highest BCUT2D eigenvalue weighted by Crippen LogP contribution is 2.24. The van der Waals surface area contributed by atoms with E-state index in [-0.39, 0.29) is 10.6 Å². The zero-order valence-corrected chi connectivity index (χ0v) is 12.7. The summed E-state index contributed by atoms with van der Waals surface area (Å²) < 4.78 is 18.9.